The maximum absolute atomic E-state index is 12.7. The molecule has 0 aromatic carbocycles. The molecule has 8 heteroatoms. The van der Waals surface area contributed by atoms with Gasteiger partial charge in [-0.1, -0.05) is 13.8 Å². The van der Waals surface area contributed by atoms with Gasteiger partial charge in [-0.3, -0.25) is 9.13 Å². The minimum Gasteiger partial charge on any atom is -0.324 e. The fraction of sp³-hybridized carbons (Fsp3) is 1.00. The van der Waals surface area contributed by atoms with Crippen LogP contribution in [0.25, 0.3) is 0 Å². The van der Waals surface area contributed by atoms with E-state index >= 15 is 0 Å². The molecule has 1 rings (SSSR count). The fourth-order valence-electron chi connectivity index (χ4n) is 3.10. The molecule has 0 spiro atoms. The number of hydrogen-bond donors (Lipinski definition) is 2. The summed E-state index contributed by atoms with van der Waals surface area (Å²) in [6.45, 7) is 4.21. The first-order valence-corrected chi connectivity index (χ1v) is 10.3. The van der Waals surface area contributed by atoms with Crippen LogP contribution in [0.4, 0.5) is 0 Å². The van der Waals surface area contributed by atoms with Crippen molar-refractivity contribution in [3.8, 4) is 0 Å². The summed E-state index contributed by atoms with van der Waals surface area (Å²) in [4.78, 5) is 18.4. The van der Waals surface area contributed by atoms with Crippen molar-refractivity contribution < 1.29 is 28.0 Å². The maximum Gasteiger partial charge on any atom is 0.333 e. The molecule has 3 unspecified atom stereocenters. The number of rotatable bonds is 6. The molecule has 1 aliphatic carbocycles. The molecule has 120 valence electrons. The molecular formula is C12H26O6P2. The molecule has 20 heavy (non-hydrogen) atoms. The van der Waals surface area contributed by atoms with Crippen LogP contribution in [0.15, 0.2) is 0 Å². The average Bonchev–Trinajstić information content (AvgIpc) is 2.36. The monoisotopic (exact) mass is 328 g/mol. The van der Waals surface area contributed by atoms with Gasteiger partial charge in [-0.05, 0) is 37.0 Å². The molecule has 0 heterocycles. The van der Waals surface area contributed by atoms with Gasteiger partial charge < -0.3 is 18.8 Å². The van der Waals surface area contributed by atoms with Gasteiger partial charge in [0.1, 0.15) is 0 Å². The maximum atomic E-state index is 12.7. The van der Waals surface area contributed by atoms with Gasteiger partial charge in [0.05, 0.1) is 11.8 Å². The van der Waals surface area contributed by atoms with E-state index in [-0.39, 0.29) is 12.1 Å². The zero-order valence-electron chi connectivity index (χ0n) is 12.6. The second-order valence-corrected chi connectivity index (χ2v) is 10.1. The highest BCUT2D eigenvalue weighted by Crippen LogP contribution is 2.61. The Morgan fingerprint density at radius 1 is 1.15 bits per heavy atom. The second-order valence-electron chi connectivity index (χ2n) is 5.90. The molecule has 0 aromatic heterocycles. The van der Waals surface area contributed by atoms with Crippen LogP contribution in [0.1, 0.15) is 33.1 Å². The van der Waals surface area contributed by atoms with E-state index in [1.807, 2.05) is 0 Å². The summed E-state index contributed by atoms with van der Waals surface area (Å²) in [6, 6.07) is 0. The Kier molecular flexibility index (Phi) is 6.46. The van der Waals surface area contributed by atoms with E-state index in [0.717, 1.165) is 6.42 Å². The Morgan fingerprint density at radius 2 is 1.70 bits per heavy atom. The molecule has 3 atom stereocenters. The molecule has 6 nitrogen and oxygen atoms in total. The van der Waals surface area contributed by atoms with E-state index in [2.05, 4.69) is 13.8 Å². The lowest BCUT2D eigenvalue weighted by Crippen LogP contribution is -2.34. The van der Waals surface area contributed by atoms with Gasteiger partial charge in [-0.15, -0.1) is 0 Å². The van der Waals surface area contributed by atoms with Crippen LogP contribution in [-0.2, 0) is 18.2 Å². The van der Waals surface area contributed by atoms with E-state index in [1.54, 1.807) is 0 Å². The van der Waals surface area contributed by atoms with Gasteiger partial charge in [0.2, 0.25) is 0 Å². The number of hydrogen-bond acceptors (Lipinski definition) is 4. The van der Waals surface area contributed by atoms with E-state index in [9.17, 15) is 18.9 Å². The first-order valence-electron chi connectivity index (χ1n) is 6.88. The van der Waals surface area contributed by atoms with E-state index < -0.39 is 20.9 Å². The predicted octanol–water partition coefficient (Wildman–Crippen LogP) is 3.09. The Labute approximate surface area is 120 Å². The summed E-state index contributed by atoms with van der Waals surface area (Å²) in [7, 11) is -4.79. The van der Waals surface area contributed by atoms with Crippen LogP contribution in [0.3, 0.4) is 0 Å². The molecule has 0 amide bonds. The summed E-state index contributed by atoms with van der Waals surface area (Å²) in [5, 5.41) is 0. The van der Waals surface area contributed by atoms with Gasteiger partial charge in [-0.2, -0.15) is 0 Å². The van der Waals surface area contributed by atoms with Crippen molar-refractivity contribution in [3.63, 3.8) is 0 Å². The molecule has 1 aliphatic rings. The quantitative estimate of drug-likeness (QED) is 0.728. The van der Waals surface area contributed by atoms with Gasteiger partial charge in [0.25, 0.3) is 0 Å². The van der Waals surface area contributed by atoms with Crippen LogP contribution < -0.4 is 0 Å². The zero-order chi connectivity index (χ0) is 15.6. The normalized spacial score (nSPS) is 28.9. The van der Waals surface area contributed by atoms with Gasteiger partial charge >= 0.3 is 15.2 Å². The largest absolute Gasteiger partial charge is 0.333 e. The molecule has 0 aliphatic heterocycles. The van der Waals surface area contributed by atoms with Crippen LogP contribution in [0, 0.1) is 17.8 Å². The van der Waals surface area contributed by atoms with Crippen molar-refractivity contribution in [1.82, 2.24) is 0 Å². The third-order valence-corrected chi connectivity index (χ3v) is 7.73. The third kappa shape index (κ3) is 4.66. The summed E-state index contributed by atoms with van der Waals surface area (Å²) in [5.74, 6) is 0.499. The molecule has 2 N–H and O–H groups in total. The van der Waals surface area contributed by atoms with Crippen molar-refractivity contribution in [2.45, 2.75) is 38.8 Å². The Hall–Kier alpha value is 0.300. The Bertz CT molecular complexity index is 397. The molecule has 1 fully saturated rings. The SMILES string of the molecule is COP(=O)(OC)C1CC(C(C)C)CCC1CP(=O)(O)O. The van der Waals surface area contributed by atoms with Crippen molar-refractivity contribution in [1.29, 1.82) is 0 Å². The lowest BCUT2D eigenvalue weighted by Gasteiger charge is -2.39. The molecule has 0 bridgehead atoms. The summed E-state index contributed by atoms with van der Waals surface area (Å²) < 4.78 is 34.1. The van der Waals surface area contributed by atoms with Crippen LogP contribution >= 0.6 is 15.2 Å². The lowest BCUT2D eigenvalue weighted by molar-refractivity contribution is 0.192. The van der Waals surface area contributed by atoms with Gasteiger partial charge in [0, 0.05) is 14.2 Å². The first-order chi connectivity index (χ1) is 9.13. The fourth-order valence-corrected chi connectivity index (χ4v) is 6.30. The van der Waals surface area contributed by atoms with Gasteiger partial charge in [0.15, 0.2) is 0 Å². The average molecular weight is 328 g/mol. The van der Waals surface area contributed by atoms with Crippen molar-refractivity contribution >= 4 is 15.2 Å². The van der Waals surface area contributed by atoms with Crippen molar-refractivity contribution in [3.05, 3.63) is 0 Å². The molecule has 0 radical (unpaired) electrons. The first kappa shape index (κ1) is 18.3. The third-order valence-electron chi connectivity index (χ3n) is 4.33. The highest BCUT2D eigenvalue weighted by atomic mass is 31.2. The Balaban J connectivity index is 2.99. The molecule has 1 saturated carbocycles. The van der Waals surface area contributed by atoms with E-state index in [0.29, 0.717) is 24.7 Å². The topological polar surface area (TPSA) is 93.1 Å². The van der Waals surface area contributed by atoms with Crippen LogP contribution in [-0.4, -0.2) is 35.8 Å². The van der Waals surface area contributed by atoms with Crippen LogP contribution in [0.2, 0.25) is 0 Å². The summed E-state index contributed by atoms with van der Waals surface area (Å²) in [5.41, 5.74) is -0.439. The lowest BCUT2D eigenvalue weighted by atomic mass is 9.77. The summed E-state index contributed by atoms with van der Waals surface area (Å²) >= 11 is 0. The minimum atomic E-state index is -4.14. The zero-order valence-corrected chi connectivity index (χ0v) is 14.3. The highest BCUT2D eigenvalue weighted by molar-refractivity contribution is 7.55. The molecule has 0 aromatic rings. The second kappa shape index (κ2) is 7.04. The van der Waals surface area contributed by atoms with Crippen LogP contribution in [0.5, 0.6) is 0 Å². The summed E-state index contributed by atoms with van der Waals surface area (Å²) in [6.07, 6.45) is 1.92. The molecular weight excluding hydrogens is 302 g/mol. The predicted molar refractivity (Wildman–Crippen MR) is 78.0 cm³/mol. The minimum absolute atomic E-state index is 0.251. The van der Waals surface area contributed by atoms with E-state index in [4.69, 9.17) is 9.05 Å². The van der Waals surface area contributed by atoms with Crippen molar-refractivity contribution in [2.24, 2.45) is 17.8 Å². The van der Waals surface area contributed by atoms with Crippen molar-refractivity contribution in [2.75, 3.05) is 20.4 Å². The smallest absolute Gasteiger partial charge is 0.324 e. The van der Waals surface area contributed by atoms with Gasteiger partial charge in [-0.25, -0.2) is 0 Å². The Morgan fingerprint density at radius 3 is 2.10 bits per heavy atom. The highest BCUT2D eigenvalue weighted by Gasteiger charge is 2.46. The molecule has 0 saturated heterocycles. The van der Waals surface area contributed by atoms with E-state index in [1.165, 1.54) is 14.2 Å². The standard InChI is InChI=1S/C12H26O6P2/c1-9(2)10-5-6-11(8-19(13,14)15)12(7-10)20(16,17-3)18-4/h9-12H,5-8H2,1-4H3,(H2,13,14,15).